The summed E-state index contributed by atoms with van der Waals surface area (Å²) in [6.07, 6.45) is 4.02. The van der Waals surface area contributed by atoms with Gasteiger partial charge in [-0.1, -0.05) is 36.4 Å². The van der Waals surface area contributed by atoms with E-state index in [1.165, 1.54) is 7.11 Å². The maximum Gasteiger partial charge on any atom is 0.331 e. The maximum absolute atomic E-state index is 13.7. The number of nitrogens with two attached hydrogens (primary N) is 1. The molecule has 0 saturated heterocycles. The number of H-pyrrole nitrogens is 2. The number of amides is 2. The fourth-order valence-corrected chi connectivity index (χ4v) is 4.48. The van der Waals surface area contributed by atoms with Crippen molar-refractivity contribution in [1.82, 2.24) is 20.6 Å². The molecule has 2 unspecified atom stereocenters. The van der Waals surface area contributed by atoms with Crippen molar-refractivity contribution in [3.8, 4) is 0 Å². The first-order chi connectivity index (χ1) is 17.5. The Morgan fingerprint density at radius 1 is 0.919 bits per heavy atom. The number of nitrogens with one attached hydrogen (secondary N) is 4. The van der Waals surface area contributed by atoms with Gasteiger partial charge in [0, 0.05) is 47.0 Å². The normalized spacial score (nSPS) is 14.2. The van der Waals surface area contributed by atoms with Crippen LogP contribution < -0.4 is 16.4 Å². The van der Waals surface area contributed by atoms with Crippen LogP contribution in [0.5, 0.6) is 0 Å². The third kappa shape index (κ3) is 5.51. The number of methoxy groups -OCH3 is 1. The molecular weight excluding hydrogens is 470 g/mol. The van der Waals surface area contributed by atoms with Gasteiger partial charge in [-0.15, -0.1) is 0 Å². The van der Waals surface area contributed by atoms with Crippen LogP contribution in [-0.2, 0) is 32.0 Å². The zero-order valence-corrected chi connectivity index (χ0v) is 21.5. The molecule has 2 heterocycles. The van der Waals surface area contributed by atoms with Gasteiger partial charge >= 0.3 is 5.97 Å². The van der Waals surface area contributed by atoms with Crippen LogP contribution in [0.2, 0.25) is 0 Å². The van der Waals surface area contributed by atoms with Crippen LogP contribution in [0, 0.1) is 0 Å². The van der Waals surface area contributed by atoms with Crippen molar-refractivity contribution in [2.45, 2.75) is 50.7 Å². The first-order valence-corrected chi connectivity index (χ1v) is 12.1. The van der Waals surface area contributed by atoms with Crippen molar-refractivity contribution in [3.05, 3.63) is 72.1 Å². The second-order valence-corrected chi connectivity index (χ2v) is 10.2. The third-order valence-corrected chi connectivity index (χ3v) is 6.56. The van der Waals surface area contributed by atoms with E-state index in [9.17, 15) is 14.4 Å². The Morgan fingerprint density at radius 3 is 2.03 bits per heavy atom. The molecule has 0 aliphatic heterocycles. The largest absolute Gasteiger partial charge is 0.467 e. The number of ether oxygens (including phenoxy) is 1. The highest BCUT2D eigenvalue weighted by atomic mass is 16.5. The standard InChI is InChI=1S/C28H33N5O4/c1-27(2,29)25(35)32-23(13-17-15-30-21-11-7-5-9-19(17)21)24(34)33-28(3,26(36)37-4)14-18-16-31-22-12-8-6-10-20(18)22/h5-12,15-16,23,30-31H,13-14,29H2,1-4H3,(H,32,35)(H,33,34). The number of carbonyl (C=O) groups is 3. The molecule has 4 rings (SSSR count). The summed E-state index contributed by atoms with van der Waals surface area (Å²) in [5, 5.41) is 7.54. The van der Waals surface area contributed by atoms with Crippen molar-refractivity contribution in [3.63, 3.8) is 0 Å². The topological polar surface area (TPSA) is 142 Å². The van der Waals surface area contributed by atoms with Crippen molar-refractivity contribution in [1.29, 1.82) is 0 Å². The summed E-state index contributed by atoms with van der Waals surface area (Å²) in [5.41, 5.74) is 6.95. The van der Waals surface area contributed by atoms with Crippen LogP contribution in [0.4, 0.5) is 0 Å². The zero-order chi connectivity index (χ0) is 26.8. The lowest BCUT2D eigenvalue weighted by molar-refractivity contribution is -0.150. The number of rotatable bonds is 9. The Hall–Kier alpha value is -4.11. The van der Waals surface area contributed by atoms with Crippen molar-refractivity contribution < 1.29 is 19.1 Å². The monoisotopic (exact) mass is 503 g/mol. The van der Waals surface area contributed by atoms with E-state index < -0.39 is 34.9 Å². The summed E-state index contributed by atoms with van der Waals surface area (Å²) < 4.78 is 5.08. The number of aromatic nitrogens is 2. The number of carbonyl (C=O) groups excluding carboxylic acids is 3. The predicted molar refractivity (Wildman–Crippen MR) is 143 cm³/mol. The van der Waals surface area contributed by atoms with Crippen molar-refractivity contribution in [2.75, 3.05) is 7.11 Å². The smallest absolute Gasteiger partial charge is 0.331 e. The maximum atomic E-state index is 13.7. The van der Waals surface area contributed by atoms with E-state index in [4.69, 9.17) is 10.5 Å². The van der Waals surface area contributed by atoms with Gasteiger partial charge in [0.2, 0.25) is 11.8 Å². The van der Waals surface area contributed by atoms with E-state index in [0.29, 0.717) is 0 Å². The Labute approximate surface area is 215 Å². The summed E-state index contributed by atoms with van der Waals surface area (Å²) in [4.78, 5) is 45.9. The van der Waals surface area contributed by atoms with Gasteiger partial charge in [-0.25, -0.2) is 4.79 Å². The lowest BCUT2D eigenvalue weighted by Gasteiger charge is -2.31. The Morgan fingerprint density at radius 2 is 1.46 bits per heavy atom. The molecule has 2 aromatic heterocycles. The number of hydrogen-bond donors (Lipinski definition) is 5. The number of benzene rings is 2. The molecule has 6 N–H and O–H groups in total. The minimum Gasteiger partial charge on any atom is -0.467 e. The molecule has 0 aliphatic rings. The van der Waals surface area contributed by atoms with E-state index in [2.05, 4.69) is 20.6 Å². The van der Waals surface area contributed by atoms with Crippen LogP contribution in [0.1, 0.15) is 31.9 Å². The molecule has 0 spiro atoms. The molecular formula is C28H33N5O4. The quantitative estimate of drug-likeness (QED) is 0.223. The molecule has 0 aliphatic carbocycles. The second-order valence-electron chi connectivity index (χ2n) is 10.2. The number of esters is 1. The highest BCUT2D eigenvalue weighted by molar-refractivity contribution is 5.95. The van der Waals surface area contributed by atoms with Crippen molar-refractivity contribution >= 4 is 39.6 Å². The molecule has 9 heteroatoms. The number of fused-ring (bicyclic) bond motifs is 2. The number of para-hydroxylation sites is 2. The average Bonchev–Trinajstić information content (AvgIpc) is 3.46. The molecule has 2 atom stereocenters. The van der Waals surface area contributed by atoms with Crippen molar-refractivity contribution in [2.24, 2.45) is 5.73 Å². The van der Waals surface area contributed by atoms with Gasteiger partial charge < -0.3 is 31.1 Å². The molecule has 0 saturated carbocycles. The van der Waals surface area contributed by atoms with E-state index in [-0.39, 0.29) is 12.8 Å². The van der Waals surface area contributed by atoms with Gasteiger partial charge in [-0.3, -0.25) is 9.59 Å². The Bertz CT molecular complexity index is 1450. The fourth-order valence-electron chi connectivity index (χ4n) is 4.48. The Kier molecular flexibility index (Phi) is 7.09. The number of aromatic amines is 2. The predicted octanol–water partition coefficient (Wildman–Crippen LogP) is 2.70. The molecule has 0 radical (unpaired) electrons. The lowest BCUT2D eigenvalue weighted by Crippen LogP contribution is -2.61. The zero-order valence-electron chi connectivity index (χ0n) is 21.5. The molecule has 9 nitrogen and oxygen atoms in total. The summed E-state index contributed by atoms with van der Waals surface area (Å²) in [5.74, 6) is -1.60. The molecule has 37 heavy (non-hydrogen) atoms. The van der Waals surface area contributed by atoms with Gasteiger partial charge in [0.25, 0.3) is 0 Å². The molecule has 0 bridgehead atoms. The van der Waals surface area contributed by atoms with E-state index in [0.717, 1.165) is 32.9 Å². The molecule has 0 fully saturated rings. The molecule has 2 amide bonds. The third-order valence-electron chi connectivity index (χ3n) is 6.56. The minimum atomic E-state index is -1.39. The van der Waals surface area contributed by atoms with Crippen LogP contribution >= 0.6 is 0 Å². The highest BCUT2D eigenvalue weighted by Gasteiger charge is 2.39. The lowest BCUT2D eigenvalue weighted by atomic mass is 9.91. The summed E-state index contributed by atoms with van der Waals surface area (Å²) >= 11 is 0. The Balaban J connectivity index is 1.64. The van der Waals surface area contributed by atoms with Crippen LogP contribution in [0.3, 0.4) is 0 Å². The molecule has 194 valence electrons. The first kappa shape index (κ1) is 26.0. The van der Waals surface area contributed by atoms with Gasteiger partial charge in [0.05, 0.1) is 12.6 Å². The molecule has 4 aromatic rings. The van der Waals surface area contributed by atoms with Crippen LogP contribution in [0.25, 0.3) is 21.8 Å². The van der Waals surface area contributed by atoms with E-state index in [1.54, 1.807) is 20.8 Å². The van der Waals surface area contributed by atoms with E-state index >= 15 is 0 Å². The fraction of sp³-hybridized carbons (Fsp3) is 0.321. The molecule has 2 aromatic carbocycles. The van der Waals surface area contributed by atoms with Gasteiger partial charge in [-0.2, -0.15) is 0 Å². The second kappa shape index (κ2) is 10.1. The van der Waals surface area contributed by atoms with Crippen LogP contribution in [0.15, 0.2) is 60.9 Å². The highest BCUT2D eigenvalue weighted by Crippen LogP contribution is 2.24. The summed E-state index contributed by atoms with van der Waals surface area (Å²) in [7, 11) is 1.28. The van der Waals surface area contributed by atoms with E-state index in [1.807, 2.05) is 60.9 Å². The SMILES string of the molecule is COC(=O)C(C)(Cc1c[nH]c2ccccc12)NC(=O)C(Cc1c[nH]c2ccccc12)NC(=O)C(C)(C)N. The van der Waals surface area contributed by atoms with Gasteiger partial charge in [0.1, 0.15) is 11.6 Å². The minimum absolute atomic E-state index is 0.186. The summed E-state index contributed by atoms with van der Waals surface area (Å²) in [6.45, 7) is 4.76. The first-order valence-electron chi connectivity index (χ1n) is 12.1. The van der Waals surface area contributed by atoms with Gasteiger partial charge in [-0.05, 0) is 44.0 Å². The summed E-state index contributed by atoms with van der Waals surface area (Å²) in [6, 6.07) is 14.4. The van der Waals surface area contributed by atoms with Gasteiger partial charge in [0.15, 0.2) is 0 Å². The average molecular weight is 504 g/mol. The van der Waals surface area contributed by atoms with Crippen LogP contribution in [-0.4, -0.2) is 52.0 Å². The number of hydrogen-bond acceptors (Lipinski definition) is 5.